The lowest BCUT2D eigenvalue weighted by molar-refractivity contribution is 0.839. The van der Waals surface area contributed by atoms with Crippen molar-refractivity contribution < 1.29 is 0 Å². The van der Waals surface area contributed by atoms with Gasteiger partial charge in [0.2, 0.25) is 0 Å². The topological polar surface area (TPSA) is 56.7 Å². The molecule has 0 atom stereocenters. The number of aromatic nitrogens is 3. The second-order valence-corrected chi connectivity index (χ2v) is 5.35. The van der Waals surface area contributed by atoms with E-state index >= 15 is 0 Å². The number of nitrogens with two attached hydrogens (primary N) is 1. The molecule has 0 fully saturated rings. The molecule has 0 aliphatic carbocycles. The van der Waals surface area contributed by atoms with Crippen LogP contribution in [0.1, 0.15) is 5.56 Å². The average Bonchev–Trinajstić information content (AvgIpc) is 2.92. The molecular formula is C15H13BrN4. The summed E-state index contributed by atoms with van der Waals surface area (Å²) in [5, 5.41) is 4.38. The first-order valence-electron chi connectivity index (χ1n) is 6.17. The van der Waals surface area contributed by atoms with Crippen LogP contribution in [-0.4, -0.2) is 14.8 Å². The zero-order chi connectivity index (χ0) is 14.1. The van der Waals surface area contributed by atoms with Crippen LogP contribution >= 0.6 is 15.9 Å². The van der Waals surface area contributed by atoms with E-state index in [1.54, 1.807) is 10.9 Å². The monoisotopic (exact) mass is 328 g/mol. The summed E-state index contributed by atoms with van der Waals surface area (Å²) < 4.78 is 2.72. The highest BCUT2D eigenvalue weighted by molar-refractivity contribution is 9.10. The Balaban J connectivity index is 2.02. The van der Waals surface area contributed by atoms with Crippen LogP contribution < -0.4 is 5.73 Å². The Bertz CT molecular complexity index is 747. The Labute approximate surface area is 125 Å². The summed E-state index contributed by atoms with van der Waals surface area (Å²) in [4.78, 5) is 4.36. The van der Waals surface area contributed by atoms with E-state index in [0.29, 0.717) is 0 Å². The van der Waals surface area contributed by atoms with Gasteiger partial charge in [-0.05, 0) is 52.2 Å². The summed E-state index contributed by atoms with van der Waals surface area (Å²) in [6, 6.07) is 9.68. The molecule has 100 valence electrons. The molecule has 0 bridgehead atoms. The molecule has 0 saturated heterocycles. The van der Waals surface area contributed by atoms with Gasteiger partial charge in [-0.2, -0.15) is 5.10 Å². The van der Waals surface area contributed by atoms with Gasteiger partial charge in [-0.3, -0.25) is 0 Å². The van der Waals surface area contributed by atoms with Gasteiger partial charge in [-0.15, -0.1) is 0 Å². The second-order valence-electron chi connectivity index (χ2n) is 4.56. The first-order chi connectivity index (χ1) is 9.65. The second kappa shape index (κ2) is 5.09. The fraction of sp³-hybridized carbons (Fsp3) is 0.0667. The van der Waals surface area contributed by atoms with E-state index in [9.17, 15) is 0 Å². The number of hydrogen-bond donors (Lipinski definition) is 1. The number of aryl methyl sites for hydroxylation is 1. The third-order valence-corrected chi connectivity index (χ3v) is 4.09. The molecule has 2 heterocycles. The molecule has 3 rings (SSSR count). The maximum absolute atomic E-state index is 5.70. The van der Waals surface area contributed by atoms with E-state index in [4.69, 9.17) is 5.73 Å². The van der Waals surface area contributed by atoms with E-state index in [1.165, 1.54) is 0 Å². The molecule has 1 aromatic carbocycles. The third kappa shape index (κ3) is 2.32. The van der Waals surface area contributed by atoms with Gasteiger partial charge in [-0.25, -0.2) is 9.67 Å². The average molecular weight is 329 g/mol. The molecule has 0 amide bonds. The van der Waals surface area contributed by atoms with Crippen molar-refractivity contribution in [3.8, 4) is 16.9 Å². The number of benzene rings is 1. The predicted octanol–water partition coefficient (Wildman–Crippen LogP) is 3.59. The molecule has 0 saturated carbocycles. The first kappa shape index (κ1) is 12.9. The Morgan fingerprint density at radius 2 is 1.85 bits per heavy atom. The number of pyridine rings is 1. The van der Waals surface area contributed by atoms with Gasteiger partial charge in [0.15, 0.2) is 5.82 Å². The van der Waals surface area contributed by atoms with Crippen LogP contribution in [0.2, 0.25) is 0 Å². The SMILES string of the molecule is Cc1ccnc(-n2cc(-c3ccc(N)cc3)cn2)c1Br. The first-order valence-corrected chi connectivity index (χ1v) is 6.96. The minimum absolute atomic E-state index is 0.754. The van der Waals surface area contributed by atoms with Crippen molar-refractivity contribution in [3.05, 3.63) is 59.0 Å². The molecule has 2 N–H and O–H groups in total. The Kier molecular flexibility index (Phi) is 3.28. The number of anilines is 1. The van der Waals surface area contributed by atoms with Gasteiger partial charge in [0, 0.05) is 23.6 Å². The van der Waals surface area contributed by atoms with Crippen LogP contribution in [0.5, 0.6) is 0 Å². The molecular weight excluding hydrogens is 316 g/mol. The zero-order valence-corrected chi connectivity index (χ0v) is 12.5. The normalized spacial score (nSPS) is 10.7. The highest BCUT2D eigenvalue weighted by atomic mass is 79.9. The number of halogens is 1. The summed E-state index contributed by atoms with van der Waals surface area (Å²) >= 11 is 3.55. The van der Waals surface area contributed by atoms with E-state index in [-0.39, 0.29) is 0 Å². The minimum Gasteiger partial charge on any atom is -0.399 e. The maximum Gasteiger partial charge on any atom is 0.167 e. The summed E-state index contributed by atoms with van der Waals surface area (Å²) in [7, 11) is 0. The van der Waals surface area contributed by atoms with Gasteiger partial charge in [0.05, 0.1) is 10.7 Å². The number of nitrogens with zero attached hydrogens (tertiary/aromatic N) is 3. The smallest absolute Gasteiger partial charge is 0.167 e. The van der Waals surface area contributed by atoms with Crippen molar-refractivity contribution in [2.24, 2.45) is 0 Å². The van der Waals surface area contributed by atoms with Crippen molar-refractivity contribution in [2.45, 2.75) is 6.92 Å². The molecule has 0 spiro atoms. The molecule has 0 unspecified atom stereocenters. The number of nitrogen functional groups attached to an aromatic ring is 1. The molecule has 20 heavy (non-hydrogen) atoms. The summed E-state index contributed by atoms with van der Waals surface area (Å²) in [5.41, 5.74) is 9.68. The Hall–Kier alpha value is -2.14. The van der Waals surface area contributed by atoms with Crippen molar-refractivity contribution in [2.75, 3.05) is 5.73 Å². The lowest BCUT2D eigenvalue weighted by Crippen LogP contribution is -1.99. The number of rotatable bonds is 2. The molecule has 2 aromatic heterocycles. The fourth-order valence-electron chi connectivity index (χ4n) is 1.95. The van der Waals surface area contributed by atoms with Crippen LogP contribution in [-0.2, 0) is 0 Å². The summed E-state index contributed by atoms with van der Waals surface area (Å²) in [6.07, 6.45) is 5.56. The van der Waals surface area contributed by atoms with Gasteiger partial charge in [0.25, 0.3) is 0 Å². The van der Waals surface area contributed by atoms with E-state index < -0.39 is 0 Å². The van der Waals surface area contributed by atoms with E-state index in [1.807, 2.05) is 49.6 Å². The molecule has 3 aromatic rings. The standard InChI is InChI=1S/C15H13BrN4/c1-10-6-7-18-15(14(10)16)20-9-12(8-19-20)11-2-4-13(17)5-3-11/h2-9H,17H2,1H3. The Morgan fingerprint density at radius 1 is 1.10 bits per heavy atom. The molecule has 0 aliphatic heterocycles. The van der Waals surface area contributed by atoms with Gasteiger partial charge < -0.3 is 5.73 Å². The van der Waals surface area contributed by atoms with Crippen molar-refractivity contribution in [1.29, 1.82) is 0 Å². The molecule has 0 radical (unpaired) electrons. The van der Waals surface area contributed by atoms with Crippen molar-refractivity contribution in [3.63, 3.8) is 0 Å². The zero-order valence-electron chi connectivity index (χ0n) is 10.9. The van der Waals surface area contributed by atoms with Crippen LogP contribution in [0.4, 0.5) is 5.69 Å². The summed E-state index contributed by atoms with van der Waals surface area (Å²) in [5.74, 6) is 0.784. The van der Waals surface area contributed by atoms with Crippen molar-refractivity contribution >= 4 is 21.6 Å². The maximum atomic E-state index is 5.70. The lowest BCUT2D eigenvalue weighted by atomic mass is 10.1. The molecule has 4 nitrogen and oxygen atoms in total. The number of hydrogen-bond acceptors (Lipinski definition) is 3. The van der Waals surface area contributed by atoms with Gasteiger partial charge in [0.1, 0.15) is 0 Å². The summed E-state index contributed by atoms with van der Waals surface area (Å²) in [6.45, 7) is 2.03. The largest absolute Gasteiger partial charge is 0.399 e. The van der Waals surface area contributed by atoms with Gasteiger partial charge >= 0.3 is 0 Å². The minimum atomic E-state index is 0.754. The van der Waals surface area contributed by atoms with Crippen LogP contribution in [0.25, 0.3) is 16.9 Å². The molecule has 0 aliphatic rings. The van der Waals surface area contributed by atoms with Crippen LogP contribution in [0.3, 0.4) is 0 Å². The predicted molar refractivity (Wildman–Crippen MR) is 83.6 cm³/mol. The fourth-order valence-corrected chi connectivity index (χ4v) is 2.37. The highest BCUT2D eigenvalue weighted by Crippen LogP contribution is 2.25. The van der Waals surface area contributed by atoms with Crippen LogP contribution in [0.15, 0.2) is 53.4 Å². The van der Waals surface area contributed by atoms with Crippen LogP contribution in [0, 0.1) is 6.92 Å². The Morgan fingerprint density at radius 3 is 2.60 bits per heavy atom. The quantitative estimate of drug-likeness (QED) is 0.731. The highest BCUT2D eigenvalue weighted by Gasteiger charge is 2.09. The van der Waals surface area contributed by atoms with Crippen molar-refractivity contribution in [1.82, 2.24) is 14.8 Å². The van der Waals surface area contributed by atoms with E-state index in [0.717, 1.165) is 32.7 Å². The van der Waals surface area contributed by atoms with Gasteiger partial charge in [-0.1, -0.05) is 12.1 Å². The lowest BCUT2D eigenvalue weighted by Gasteiger charge is -2.05. The van der Waals surface area contributed by atoms with E-state index in [2.05, 4.69) is 26.0 Å². The molecule has 5 heteroatoms. The third-order valence-electron chi connectivity index (χ3n) is 3.11.